The minimum absolute atomic E-state index is 0.0395. The van der Waals surface area contributed by atoms with Crippen LogP contribution in [0.15, 0.2) is 58.6 Å². The van der Waals surface area contributed by atoms with Crippen LogP contribution in [-0.2, 0) is 9.59 Å². The number of urea groups is 1. The highest BCUT2D eigenvalue weighted by molar-refractivity contribution is 9.10. The van der Waals surface area contributed by atoms with Crippen molar-refractivity contribution in [2.45, 2.75) is 0 Å². The molecule has 0 aromatic heterocycles. The monoisotopic (exact) mass is 386 g/mol. The SMILES string of the molecule is O=C1NC(=O)N(c2ccccc2)C(=O)C1=Cc1ccc(O)c(Br)c1. The number of phenolic OH excluding ortho intramolecular Hbond substituents is 1. The molecule has 0 spiro atoms. The molecule has 2 aromatic carbocycles. The number of nitrogens with zero attached hydrogens (tertiary/aromatic N) is 1. The number of phenols is 1. The Balaban J connectivity index is 2.02. The molecule has 0 unspecified atom stereocenters. The van der Waals surface area contributed by atoms with Gasteiger partial charge >= 0.3 is 6.03 Å². The molecule has 0 saturated carbocycles. The third kappa shape index (κ3) is 2.93. The Labute approximate surface area is 145 Å². The highest BCUT2D eigenvalue weighted by atomic mass is 79.9. The van der Waals surface area contributed by atoms with Crippen LogP contribution in [0, 0.1) is 0 Å². The second-order valence-electron chi connectivity index (χ2n) is 5.00. The van der Waals surface area contributed by atoms with Crippen molar-refractivity contribution in [3.63, 3.8) is 0 Å². The van der Waals surface area contributed by atoms with Gasteiger partial charge in [0.15, 0.2) is 0 Å². The molecule has 2 N–H and O–H groups in total. The van der Waals surface area contributed by atoms with Crippen LogP contribution in [-0.4, -0.2) is 23.0 Å². The molecule has 1 saturated heterocycles. The van der Waals surface area contributed by atoms with E-state index in [1.54, 1.807) is 42.5 Å². The molecule has 7 heteroatoms. The van der Waals surface area contributed by atoms with E-state index in [2.05, 4.69) is 21.2 Å². The van der Waals surface area contributed by atoms with Crippen LogP contribution in [0.5, 0.6) is 5.75 Å². The number of halogens is 1. The van der Waals surface area contributed by atoms with Crippen molar-refractivity contribution in [3.8, 4) is 5.75 Å². The predicted molar refractivity (Wildman–Crippen MR) is 91.3 cm³/mol. The topological polar surface area (TPSA) is 86.7 Å². The molecule has 1 aliphatic heterocycles. The van der Waals surface area contributed by atoms with E-state index in [0.717, 1.165) is 4.90 Å². The average Bonchev–Trinajstić information content (AvgIpc) is 2.55. The number of para-hydroxylation sites is 1. The number of carbonyl (C=O) groups is 3. The highest BCUT2D eigenvalue weighted by Gasteiger charge is 2.36. The lowest BCUT2D eigenvalue weighted by Crippen LogP contribution is -2.54. The zero-order chi connectivity index (χ0) is 17.3. The van der Waals surface area contributed by atoms with Gasteiger partial charge in [-0.3, -0.25) is 14.9 Å². The maximum absolute atomic E-state index is 12.6. The zero-order valence-corrected chi connectivity index (χ0v) is 13.8. The first kappa shape index (κ1) is 15.9. The van der Waals surface area contributed by atoms with Crippen molar-refractivity contribution in [2.24, 2.45) is 0 Å². The lowest BCUT2D eigenvalue weighted by molar-refractivity contribution is -0.122. The summed E-state index contributed by atoms with van der Waals surface area (Å²) in [4.78, 5) is 37.6. The molecule has 0 bridgehead atoms. The molecule has 6 nitrogen and oxygen atoms in total. The van der Waals surface area contributed by atoms with Crippen LogP contribution in [0.4, 0.5) is 10.5 Å². The maximum Gasteiger partial charge on any atom is 0.335 e. The fourth-order valence-electron chi connectivity index (χ4n) is 2.25. The van der Waals surface area contributed by atoms with E-state index >= 15 is 0 Å². The van der Waals surface area contributed by atoms with Gasteiger partial charge in [-0.15, -0.1) is 0 Å². The summed E-state index contributed by atoms with van der Waals surface area (Å²) in [5.74, 6) is -1.43. The molecule has 3 rings (SSSR count). The first-order valence-corrected chi connectivity index (χ1v) is 7.71. The van der Waals surface area contributed by atoms with E-state index < -0.39 is 17.8 Å². The van der Waals surface area contributed by atoms with Gasteiger partial charge in [-0.2, -0.15) is 0 Å². The zero-order valence-electron chi connectivity index (χ0n) is 12.2. The summed E-state index contributed by atoms with van der Waals surface area (Å²) in [5.41, 5.74) is 0.724. The van der Waals surface area contributed by atoms with Gasteiger partial charge in [0.2, 0.25) is 0 Å². The first-order valence-electron chi connectivity index (χ1n) is 6.92. The van der Waals surface area contributed by atoms with Crippen LogP contribution in [0.1, 0.15) is 5.56 Å². The van der Waals surface area contributed by atoms with Crippen LogP contribution in [0.3, 0.4) is 0 Å². The Bertz CT molecular complexity index is 877. The van der Waals surface area contributed by atoms with Gasteiger partial charge in [0.25, 0.3) is 11.8 Å². The van der Waals surface area contributed by atoms with Gasteiger partial charge in [-0.1, -0.05) is 24.3 Å². The largest absolute Gasteiger partial charge is 0.507 e. The molecule has 0 aliphatic carbocycles. The quantitative estimate of drug-likeness (QED) is 0.613. The molecule has 24 heavy (non-hydrogen) atoms. The minimum atomic E-state index is -0.791. The molecule has 120 valence electrons. The molecule has 0 radical (unpaired) electrons. The smallest absolute Gasteiger partial charge is 0.335 e. The van der Waals surface area contributed by atoms with Gasteiger partial charge < -0.3 is 5.11 Å². The molecule has 1 heterocycles. The molecule has 1 fully saturated rings. The standard InChI is InChI=1S/C17H11BrN2O4/c18-13-9-10(6-7-14(13)21)8-12-15(22)19-17(24)20(16(12)23)11-4-2-1-3-5-11/h1-9,21H,(H,19,22,24). The van der Waals surface area contributed by atoms with E-state index in [9.17, 15) is 19.5 Å². The maximum atomic E-state index is 12.6. The fraction of sp³-hybridized carbons (Fsp3) is 0. The van der Waals surface area contributed by atoms with Gasteiger partial charge in [-0.05, 0) is 51.8 Å². The first-order chi connectivity index (χ1) is 11.5. The number of hydrogen-bond donors (Lipinski definition) is 2. The Morgan fingerprint density at radius 3 is 2.42 bits per heavy atom. The van der Waals surface area contributed by atoms with E-state index in [0.29, 0.717) is 15.7 Å². The molecule has 1 aliphatic rings. The second-order valence-corrected chi connectivity index (χ2v) is 5.86. The summed E-state index contributed by atoms with van der Waals surface area (Å²) >= 11 is 3.17. The predicted octanol–water partition coefficient (Wildman–Crippen LogP) is 2.82. The lowest BCUT2D eigenvalue weighted by atomic mass is 10.1. The summed E-state index contributed by atoms with van der Waals surface area (Å²) in [6.07, 6.45) is 1.37. The summed E-state index contributed by atoms with van der Waals surface area (Å²) in [5, 5.41) is 11.7. The second kappa shape index (κ2) is 6.29. The molecule has 0 atom stereocenters. The summed E-state index contributed by atoms with van der Waals surface area (Å²) in [6.45, 7) is 0. The van der Waals surface area contributed by atoms with Crippen LogP contribution >= 0.6 is 15.9 Å². The van der Waals surface area contributed by atoms with Gasteiger partial charge in [0, 0.05) is 0 Å². The van der Waals surface area contributed by atoms with Crippen LogP contribution in [0.2, 0.25) is 0 Å². The van der Waals surface area contributed by atoms with E-state index in [1.807, 2.05) is 0 Å². The van der Waals surface area contributed by atoms with Crippen molar-refractivity contribution >= 4 is 45.5 Å². The minimum Gasteiger partial charge on any atom is -0.507 e. The molecular formula is C17H11BrN2O4. The summed E-state index contributed by atoms with van der Waals surface area (Å²) < 4.78 is 0.427. The Morgan fingerprint density at radius 1 is 1.04 bits per heavy atom. The number of carbonyl (C=O) groups excluding carboxylic acids is 3. The van der Waals surface area contributed by atoms with Gasteiger partial charge in [-0.25, -0.2) is 9.69 Å². The Kier molecular flexibility index (Phi) is 4.18. The van der Waals surface area contributed by atoms with Crippen molar-refractivity contribution in [2.75, 3.05) is 4.90 Å². The number of anilines is 1. The highest BCUT2D eigenvalue weighted by Crippen LogP contribution is 2.26. The third-order valence-corrected chi connectivity index (χ3v) is 4.03. The van der Waals surface area contributed by atoms with Gasteiger partial charge in [0.1, 0.15) is 11.3 Å². The number of amides is 4. The number of hydrogen-bond acceptors (Lipinski definition) is 4. The van der Waals surface area contributed by atoms with E-state index in [-0.39, 0.29) is 11.3 Å². The normalized spacial score (nSPS) is 16.5. The number of nitrogens with one attached hydrogen (secondary N) is 1. The van der Waals surface area contributed by atoms with E-state index in [1.165, 1.54) is 12.1 Å². The third-order valence-electron chi connectivity index (χ3n) is 3.40. The Hall–Kier alpha value is -2.93. The van der Waals surface area contributed by atoms with Crippen LogP contribution in [0.25, 0.3) is 6.08 Å². The lowest BCUT2D eigenvalue weighted by Gasteiger charge is -2.26. The number of rotatable bonds is 2. The summed E-state index contributed by atoms with van der Waals surface area (Å²) in [7, 11) is 0. The summed E-state index contributed by atoms with van der Waals surface area (Å²) in [6, 6.07) is 12.1. The van der Waals surface area contributed by atoms with Crippen LogP contribution < -0.4 is 10.2 Å². The van der Waals surface area contributed by atoms with Crippen molar-refractivity contribution in [3.05, 3.63) is 64.1 Å². The molecule has 4 amide bonds. The average molecular weight is 387 g/mol. The van der Waals surface area contributed by atoms with E-state index in [4.69, 9.17) is 0 Å². The van der Waals surface area contributed by atoms with Gasteiger partial charge in [0.05, 0.1) is 10.2 Å². The number of imide groups is 2. The molecule has 2 aromatic rings. The number of aromatic hydroxyl groups is 1. The van der Waals surface area contributed by atoms with Crippen molar-refractivity contribution in [1.82, 2.24) is 5.32 Å². The number of barbiturate groups is 1. The Morgan fingerprint density at radius 2 is 1.75 bits per heavy atom. The molecular weight excluding hydrogens is 376 g/mol. The fourth-order valence-corrected chi connectivity index (χ4v) is 2.65. The van der Waals surface area contributed by atoms with Crippen molar-refractivity contribution in [1.29, 1.82) is 0 Å². The number of benzene rings is 2. The van der Waals surface area contributed by atoms with Crippen molar-refractivity contribution < 1.29 is 19.5 Å².